The molecule has 1 unspecified atom stereocenters. The van der Waals surface area contributed by atoms with Crippen LogP contribution in [0, 0.1) is 0 Å². The van der Waals surface area contributed by atoms with E-state index >= 15 is 0 Å². The summed E-state index contributed by atoms with van der Waals surface area (Å²) in [6.45, 7) is 0. The third-order valence-corrected chi connectivity index (χ3v) is 6.05. The first-order valence-electron chi connectivity index (χ1n) is 9.08. The van der Waals surface area contributed by atoms with E-state index in [2.05, 4.69) is 31.9 Å². The Hall–Kier alpha value is 0.920. The van der Waals surface area contributed by atoms with Gasteiger partial charge in [-0.05, 0) is 24.4 Å². The second kappa shape index (κ2) is 18.3. The Labute approximate surface area is 159 Å². The minimum atomic E-state index is -0.261. The van der Waals surface area contributed by atoms with Crippen LogP contribution in [0.3, 0.4) is 0 Å². The van der Waals surface area contributed by atoms with Crippen LogP contribution in [0.25, 0.3) is 0 Å². The average molecular weight is 461 g/mol. The van der Waals surface area contributed by atoms with Crippen molar-refractivity contribution in [3.63, 3.8) is 0 Å². The largest absolute Gasteiger partial charge is 0.280 e. The van der Waals surface area contributed by atoms with Gasteiger partial charge in [-0.25, -0.2) is 0 Å². The van der Waals surface area contributed by atoms with Crippen LogP contribution >= 0.6 is 43.5 Å². The zero-order valence-corrected chi connectivity index (χ0v) is 17.9. The van der Waals surface area contributed by atoms with E-state index in [1.807, 2.05) is 0 Å². The highest BCUT2D eigenvalue weighted by atomic mass is 79.9. The summed E-state index contributed by atoms with van der Waals surface area (Å²) < 4.78 is 0. The van der Waals surface area contributed by atoms with Crippen LogP contribution in [-0.4, -0.2) is 15.4 Å². The summed E-state index contributed by atoms with van der Waals surface area (Å²) in [4.78, 5) is 10.7. The predicted molar refractivity (Wildman–Crippen MR) is 107 cm³/mol. The van der Waals surface area contributed by atoms with Crippen molar-refractivity contribution in [2.24, 2.45) is 0 Å². The average Bonchev–Trinajstić information content (AvgIpc) is 2.50. The van der Waals surface area contributed by atoms with Crippen LogP contribution < -0.4 is 0 Å². The van der Waals surface area contributed by atoms with Crippen LogP contribution in [0.2, 0.25) is 0 Å². The highest BCUT2D eigenvalue weighted by Gasteiger charge is 2.10. The molecule has 0 saturated heterocycles. The molecule has 0 heterocycles. The molecule has 0 aromatic rings. The Morgan fingerprint density at radius 1 is 0.682 bits per heavy atom. The van der Waals surface area contributed by atoms with Gasteiger partial charge in [-0.1, -0.05) is 115 Å². The molecule has 0 aliphatic heterocycles. The predicted octanol–water partition coefficient (Wildman–Crippen LogP) is 7.76. The standard InChI is InChI=1S/C18H33Br2ClO/c19-16-14-12-10-8-6-4-2-1-3-5-7-9-11-13-15-17(20)18(21)22/h17H,1-16H2. The molecule has 132 valence electrons. The molecule has 0 N–H and O–H groups in total. The minimum Gasteiger partial charge on any atom is -0.280 e. The maximum Gasteiger partial charge on any atom is 0.235 e. The molecule has 0 saturated carbocycles. The van der Waals surface area contributed by atoms with E-state index in [1.165, 1.54) is 83.5 Å². The van der Waals surface area contributed by atoms with Gasteiger partial charge in [0.05, 0.1) is 4.83 Å². The van der Waals surface area contributed by atoms with E-state index < -0.39 is 0 Å². The van der Waals surface area contributed by atoms with E-state index in [-0.39, 0.29) is 10.1 Å². The first-order chi connectivity index (χ1) is 10.7. The molecule has 0 rings (SSSR count). The Kier molecular flexibility index (Phi) is 19.0. The first kappa shape index (κ1) is 22.9. The van der Waals surface area contributed by atoms with Gasteiger partial charge in [0, 0.05) is 5.33 Å². The molecule has 0 amide bonds. The molecule has 0 aliphatic carbocycles. The lowest BCUT2D eigenvalue weighted by atomic mass is 10.0. The van der Waals surface area contributed by atoms with Crippen molar-refractivity contribution in [3.05, 3.63) is 0 Å². The molecule has 0 fully saturated rings. The van der Waals surface area contributed by atoms with Crippen LogP contribution in [0.1, 0.15) is 96.3 Å². The van der Waals surface area contributed by atoms with Crippen molar-refractivity contribution in [1.82, 2.24) is 0 Å². The minimum absolute atomic E-state index is 0.145. The molecule has 0 aromatic heterocycles. The summed E-state index contributed by atoms with van der Waals surface area (Å²) in [7, 11) is 0. The first-order valence-corrected chi connectivity index (χ1v) is 11.5. The summed E-state index contributed by atoms with van der Waals surface area (Å²) >= 11 is 12.2. The molecule has 4 heteroatoms. The van der Waals surface area contributed by atoms with Gasteiger partial charge in [0.2, 0.25) is 5.24 Å². The van der Waals surface area contributed by atoms with E-state index in [1.54, 1.807) is 0 Å². The second-order valence-electron chi connectivity index (χ2n) is 6.20. The summed E-state index contributed by atoms with van der Waals surface area (Å²) in [6, 6.07) is 0. The number of alkyl halides is 2. The van der Waals surface area contributed by atoms with Gasteiger partial charge < -0.3 is 0 Å². The summed E-state index contributed by atoms with van der Waals surface area (Å²) in [6.07, 6.45) is 19.8. The quantitative estimate of drug-likeness (QED) is 0.123. The number of hydrogen-bond donors (Lipinski definition) is 0. The number of carbonyl (C=O) groups excluding carboxylic acids is 1. The van der Waals surface area contributed by atoms with Gasteiger partial charge >= 0.3 is 0 Å². The summed E-state index contributed by atoms with van der Waals surface area (Å²) in [5.74, 6) is 0. The van der Waals surface area contributed by atoms with Crippen molar-refractivity contribution in [2.75, 3.05) is 5.33 Å². The lowest BCUT2D eigenvalue weighted by molar-refractivity contribution is -0.111. The van der Waals surface area contributed by atoms with Gasteiger partial charge in [0.25, 0.3) is 0 Å². The Bertz CT molecular complexity index is 249. The summed E-state index contributed by atoms with van der Waals surface area (Å²) in [5, 5.41) is 0.900. The van der Waals surface area contributed by atoms with E-state index in [0.717, 1.165) is 18.2 Å². The zero-order chi connectivity index (χ0) is 16.5. The Morgan fingerprint density at radius 3 is 1.32 bits per heavy atom. The van der Waals surface area contributed by atoms with Crippen molar-refractivity contribution in [1.29, 1.82) is 0 Å². The monoisotopic (exact) mass is 458 g/mol. The van der Waals surface area contributed by atoms with E-state index in [0.29, 0.717) is 0 Å². The maximum absolute atomic E-state index is 10.8. The molecule has 1 atom stereocenters. The zero-order valence-electron chi connectivity index (χ0n) is 13.9. The molecular formula is C18H33Br2ClO. The fourth-order valence-corrected chi connectivity index (χ4v) is 3.48. The Morgan fingerprint density at radius 2 is 1.00 bits per heavy atom. The molecule has 0 spiro atoms. The fraction of sp³-hybridized carbons (Fsp3) is 0.944. The van der Waals surface area contributed by atoms with Crippen molar-refractivity contribution in [3.8, 4) is 0 Å². The number of halogens is 3. The highest BCUT2D eigenvalue weighted by molar-refractivity contribution is 9.10. The number of carbonyl (C=O) groups is 1. The number of rotatable bonds is 17. The normalized spacial score (nSPS) is 12.5. The second-order valence-corrected chi connectivity index (χ2v) is 8.47. The number of unbranched alkanes of at least 4 members (excludes halogenated alkanes) is 13. The highest BCUT2D eigenvalue weighted by Crippen LogP contribution is 2.16. The van der Waals surface area contributed by atoms with Crippen molar-refractivity contribution < 1.29 is 4.79 Å². The van der Waals surface area contributed by atoms with Crippen LogP contribution in [0.4, 0.5) is 0 Å². The Balaban J connectivity index is 3.04. The van der Waals surface area contributed by atoms with Gasteiger partial charge in [0.1, 0.15) is 0 Å². The molecule has 0 aliphatic rings. The molecule has 0 radical (unpaired) electrons. The lowest BCUT2D eigenvalue weighted by Crippen LogP contribution is -2.06. The topological polar surface area (TPSA) is 17.1 Å². The van der Waals surface area contributed by atoms with Gasteiger partial charge in [-0.2, -0.15) is 0 Å². The third kappa shape index (κ3) is 17.3. The molecule has 1 nitrogen and oxygen atoms in total. The van der Waals surface area contributed by atoms with E-state index in [4.69, 9.17) is 11.6 Å². The fourth-order valence-electron chi connectivity index (χ4n) is 2.65. The third-order valence-electron chi connectivity index (χ3n) is 4.09. The maximum atomic E-state index is 10.8. The van der Waals surface area contributed by atoms with Crippen LogP contribution in [0.5, 0.6) is 0 Å². The molecular weight excluding hydrogens is 427 g/mol. The lowest BCUT2D eigenvalue weighted by Gasteiger charge is -2.05. The molecule has 0 aromatic carbocycles. The van der Waals surface area contributed by atoms with Gasteiger partial charge in [-0.3, -0.25) is 4.79 Å². The van der Waals surface area contributed by atoms with Crippen molar-refractivity contribution in [2.45, 2.75) is 101 Å². The van der Waals surface area contributed by atoms with Crippen molar-refractivity contribution >= 4 is 48.7 Å². The van der Waals surface area contributed by atoms with Gasteiger partial charge in [-0.15, -0.1) is 0 Å². The summed E-state index contributed by atoms with van der Waals surface area (Å²) in [5.41, 5.74) is 0. The number of hydrogen-bond acceptors (Lipinski definition) is 1. The van der Waals surface area contributed by atoms with Gasteiger partial charge in [0.15, 0.2) is 0 Å². The van der Waals surface area contributed by atoms with Crippen LogP contribution in [0.15, 0.2) is 0 Å². The van der Waals surface area contributed by atoms with E-state index in [9.17, 15) is 4.79 Å². The van der Waals surface area contributed by atoms with Crippen LogP contribution in [-0.2, 0) is 4.79 Å². The molecule has 22 heavy (non-hydrogen) atoms. The molecule has 0 bridgehead atoms. The SMILES string of the molecule is O=C(Cl)C(Br)CCCCCCCCCCCCCCCCBr. The smallest absolute Gasteiger partial charge is 0.235 e.